The molecule has 4 unspecified atom stereocenters. The molecular formula is C15H18F6O. The largest absolute Gasteiger partial charge is 0.426 e. The first-order valence-electron chi connectivity index (χ1n) is 7.48. The van der Waals surface area contributed by atoms with E-state index in [4.69, 9.17) is 4.74 Å². The fourth-order valence-electron chi connectivity index (χ4n) is 5.05. The zero-order valence-corrected chi connectivity index (χ0v) is 12.1. The number of hydrogen-bond donors (Lipinski definition) is 0. The van der Waals surface area contributed by atoms with E-state index in [9.17, 15) is 26.3 Å². The maximum Gasteiger partial charge on any atom is 0.426 e. The van der Waals surface area contributed by atoms with Gasteiger partial charge >= 0.3 is 12.4 Å². The summed E-state index contributed by atoms with van der Waals surface area (Å²) in [6, 6.07) is 0. The molecule has 0 N–H and O–H groups in total. The van der Waals surface area contributed by atoms with Gasteiger partial charge in [0.15, 0.2) is 0 Å². The van der Waals surface area contributed by atoms with E-state index in [-0.39, 0.29) is 25.2 Å². The molecule has 0 radical (unpaired) electrons. The lowest BCUT2D eigenvalue weighted by Gasteiger charge is -2.47. The van der Waals surface area contributed by atoms with Gasteiger partial charge in [0.25, 0.3) is 5.60 Å². The molecule has 2 heterocycles. The van der Waals surface area contributed by atoms with E-state index < -0.39 is 35.4 Å². The molecule has 2 saturated carbocycles. The minimum Gasteiger partial charge on any atom is -0.354 e. The Morgan fingerprint density at radius 3 is 2.14 bits per heavy atom. The standard InChI is InChI=1S/C15H18F6O/c1-2-3-12-6-9-4-10(7-12)13(14(16,17)18,15(19,20)21)22-11(5-9)8-12/h2-3,9-11H,4-8H2,1H3. The van der Waals surface area contributed by atoms with E-state index in [2.05, 4.69) is 0 Å². The normalized spacial score (nSPS) is 41.1. The maximum absolute atomic E-state index is 13.5. The number of rotatable bonds is 1. The molecule has 4 rings (SSSR count). The SMILES string of the molecule is CC=CC12CC3CC(C1)OC(C(F)(F)F)(C(F)(F)F)C(C3)C2. The molecule has 4 bridgehead atoms. The molecule has 0 amide bonds. The summed E-state index contributed by atoms with van der Waals surface area (Å²) in [5, 5.41) is 0. The summed E-state index contributed by atoms with van der Waals surface area (Å²) in [5.74, 6) is -1.68. The van der Waals surface area contributed by atoms with Crippen LogP contribution < -0.4 is 0 Å². The fourth-order valence-corrected chi connectivity index (χ4v) is 5.05. The summed E-state index contributed by atoms with van der Waals surface area (Å²) in [6.07, 6.45) is -7.32. The zero-order chi connectivity index (χ0) is 16.4. The first-order valence-corrected chi connectivity index (χ1v) is 7.48. The third kappa shape index (κ3) is 2.11. The maximum atomic E-state index is 13.5. The molecule has 0 aromatic rings. The van der Waals surface area contributed by atoms with Crippen molar-refractivity contribution < 1.29 is 31.1 Å². The zero-order valence-electron chi connectivity index (χ0n) is 12.1. The summed E-state index contributed by atoms with van der Waals surface area (Å²) in [6.45, 7) is 1.75. The van der Waals surface area contributed by atoms with E-state index in [1.807, 2.05) is 0 Å². The Morgan fingerprint density at radius 2 is 1.59 bits per heavy atom. The Hall–Kier alpha value is -0.720. The van der Waals surface area contributed by atoms with Crippen LogP contribution in [0.1, 0.15) is 39.0 Å². The topological polar surface area (TPSA) is 9.23 Å². The van der Waals surface area contributed by atoms with Gasteiger partial charge in [-0.1, -0.05) is 12.2 Å². The molecule has 7 heteroatoms. The number of alkyl halides is 6. The second-order valence-electron chi connectivity index (χ2n) is 6.98. The van der Waals surface area contributed by atoms with Gasteiger partial charge in [0.05, 0.1) is 6.10 Å². The molecule has 22 heavy (non-hydrogen) atoms. The van der Waals surface area contributed by atoms with Crippen LogP contribution in [0, 0.1) is 17.3 Å². The molecule has 126 valence electrons. The van der Waals surface area contributed by atoms with E-state index in [1.54, 1.807) is 19.1 Å². The molecule has 2 aliphatic carbocycles. The highest BCUT2D eigenvalue weighted by Gasteiger charge is 2.78. The predicted octanol–water partition coefficient (Wildman–Crippen LogP) is 5.02. The minimum atomic E-state index is -5.45. The van der Waals surface area contributed by atoms with E-state index in [0.717, 1.165) is 0 Å². The van der Waals surface area contributed by atoms with Crippen LogP contribution in [-0.4, -0.2) is 24.1 Å². The number of hydrogen-bond acceptors (Lipinski definition) is 1. The lowest BCUT2D eigenvalue weighted by Crippen LogP contribution is -2.63. The van der Waals surface area contributed by atoms with Gasteiger partial charge < -0.3 is 4.74 Å². The Kier molecular flexibility index (Phi) is 3.41. The molecule has 0 aromatic carbocycles. The average Bonchev–Trinajstić information content (AvgIpc) is 2.48. The van der Waals surface area contributed by atoms with Gasteiger partial charge in [-0.3, -0.25) is 0 Å². The summed E-state index contributed by atoms with van der Waals surface area (Å²) in [4.78, 5) is 0. The number of halogens is 6. The molecule has 0 spiro atoms. The van der Waals surface area contributed by atoms with Crippen LogP contribution in [0.15, 0.2) is 12.2 Å². The Morgan fingerprint density at radius 1 is 0.955 bits per heavy atom. The Bertz CT molecular complexity index is 465. The summed E-state index contributed by atoms with van der Waals surface area (Å²) in [5.41, 5.74) is -4.59. The van der Waals surface area contributed by atoms with Crippen LogP contribution in [0.2, 0.25) is 0 Å². The van der Waals surface area contributed by atoms with Gasteiger partial charge in [-0.2, -0.15) is 26.3 Å². The van der Waals surface area contributed by atoms with Crippen molar-refractivity contribution in [3.05, 3.63) is 12.2 Å². The van der Waals surface area contributed by atoms with Crippen LogP contribution in [-0.2, 0) is 4.74 Å². The molecule has 1 nitrogen and oxygen atoms in total. The third-order valence-electron chi connectivity index (χ3n) is 5.49. The monoisotopic (exact) mass is 328 g/mol. The Balaban J connectivity index is 2.12. The molecular weight excluding hydrogens is 310 g/mol. The number of allylic oxidation sites excluding steroid dienone is 2. The van der Waals surface area contributed by atoms with Gasteiger partial charge in [0.1, 0.15) is 0 Å². The van der Waals surface area contributed by atoms with Crippen molar-refractivity contribution in [2.75, 3.05) is 0 Å². The van der Waals surface area contributed by atoms with Crippen molar-refractivity contribution in [2.45, 2.75) is 63.1 Å². The molecule has 0 aromatic heterocycles. The van der Waals surface area contributed by atoms with Crippen molar-refractivity contribution in [2.24, 2.45) is 17.3 Å². The Labute approximate surface area is 124 Å². The van der Waals surface area contributed by atoms with Gasteiger partial charge in [-0.15, -0.1) is 0 Å². The van der Waals surface area contributed by atoms with Crippen molar-refractivity contribution in [3.63, 3.8) is 0 Å². The smallest absolute Gasteiger partial charge is 0.354 e. The third-order valence-corrected chi connectivity index (χ3v) is 5.49. The summed E-state index contributed by atoms with van der Waals surface area (Å²) >= 11 is 0. The van der Waals surface area contributed by atoms with Gasteiger partial charge in [-0.05, 0) is 50.4 Å². The van der Waals surface area contributed by atoms with Crippen molar-refractivity contribution in [1.82, 2.24) is 0 Å². The van der Waals surface area contributed by atoms with Gasteiger partial charge in [-0.25, -0.2) is 0 Å². The van der Waals surface area contributed by atoms with Crippen molar-refractivity contribution in [1.29, 1.82) is 0 Å². The quantitative estimate of drug-likeness (QED) is 0.485. The number of ether oxygens (including phenoxy) is 1. The average molecular weight is 328 g/mol. The highest BCUT2D eigenvalue weighted by Crippen LogP contribution is 2.65. The van der Waals surface area contributed by atoms with Crippen LogP contribution in [0.3, 0.4) is 0 Å². The van der Waals surface area contributed by atoms with Gasteiger partial charge in [0, 0.05) is 5.92 Å². The number of fused-ring (bicyclic) bond motifs is 1. The van der Waals surface area contributed by atoms with Crippen LogP contribution in [0.25, 0.3) is 0 Å². The van der Waals surface area contributed by atoms with Crippen LogP contribution >= 0.6 is 0 Å². The highest BCUT2D eigenvalue weighted by molar-refractivity contribution is 5.16. The second kappa shape index (κ2) is 4.65. The van der Waals surface area contributed by atoms with Crippen LogP contribution in [0.4, 0.5) is 26.3 Å². The summed E-state index contributed by atoms with van der Waals surface area (Å²) in [7, 11) is 0. The lowest BCUT2D eigenvalue weighted by molar-refractivity contribution is -0.401. The molecule has 4 atom stereocenters. The van der Waals surface area contributed by atoms with E-state index in [0.29, 0.717) is 12.8 Å². The fraction of sp³-hybridized carbons (Fsp3) is 0.867. The molecule has 2 aliphatic heterocycles. The first-order chi connectivity index (χ1) is 10.0. The van der Waals surface area contributed by atoms with E-state index >= 15 is 0 Å². The predicted molar refractivity (Wildman–Crippen MR) is 67.0 cm³/mol. The molecule has 4 aliphatic rings. The van der Waals surface area contributed by atoms with Crippen LogP contribution in [0.5, 0.6) is 0 Å². The first kappa shape index (κ1) is 16.1. The summed E-state index contributed by atoms with van der Waals surface area (Å²) < 4.78 is 85.8. The lowest BCUT2D eigenvalue weighted by atomic mass is 9.56. The molecule has 2 saturated heterocycles. The second-order valence-corrected chi connectivity index (χ2v) is 6.98. The van der Waals surface area contributed by atoms with Gasteiger partial charge in [0.2, 0.25) is 0 Å². The van der Waals surface area contributed by atoms with Crippen molar-refractivity contribution in [3.8, 4) is 0 Å². The highest BCUT2D eigenvalue weighted by atomic mass is 19.4. The molecule has 4 fully saturated rings. The van der Waals surface area contributed by atoms with E-state index in [1.165, 1.54) is 0 Å². The minimum absolute atomic E-state index is 0.0607. The van der Waals surface area contributed by atoms with Crippen molar-refractivity contribution >= 4 is 0 Å².